The molecular formula is C26H29N3OS2. The van der Waals surface area contributed by atoms with Gasteiger partial charge in [-0.05, 0) is 72.6 Å². The van der Waals surface area contributed by atoms with E-state index in [0.717, 1.165) is 28.4 Å². The second kappa shape index (κ2) is 11.7. The van der Waals surface area contributed by atoms with Gasteiger partial charge in [0.05, 0.1) is 5.25 Å². The Kier molecular flexibility index (Phi) is 8.71. The minimum Gasteiger partial charge on any atom is -0.332 e. The summed E-state index contributed by atoms with van der Waals surface area (Å²) in [5, 5.41) is 9.76. The second-order valence-electron chi connectivity index (χ2n) is 7.75. The third-order valence-electron chi connectivity index (χ3n) is 4.91. The van der Waals surface area contributed by atoms with Crippen molar-refractivity contribution < 1.29 is 4.79 Å². The lowest BCUT2D eigenvalue weighted by Gasteiger charge is -2.16. The molecule has 4 nitrogen and oxygen atoms in total. The molecule has 0 spiro atoms. The molecule has 0 aromatic heterocycles. The predicted octanol–water partition coefficient (Wildman–Crippen LogP) is 7.13. The highest BCUT2D eigenvalue weighted by atomic mass is 32.2. The first-order valence-corrected chi connectivity index (χ1v) is 12.0. The Hall–Kier alpha value is -2.83. The summed E-state index contributed by atoms with van der Waals surface area (Å²) in [6, 6.07) is 25.8. The van der Waals surface area contributed by atoms with Crippen LogP contribution in [0.15, 0.2) is 83.8 Å². The minimum atomic E-state index is -0.190. The third-order valence-corrected chi connectivity index (χ3v) is 6.47. The van der Waals surface area contributed by atoms with Gasteiger partial charge < -0.3 is 16.0 Å². The lowest BCUT2D eigenvalue weighted by molar-refractivity contribution is -0.115. The van der Waals surface area contributed by atoms with E-state index in [-0.39, 0.29) is 11.2 Å². The summed E-state index contributed by atoms with van der Waals surface area (Å²) in [7, 11) is 0. The van der Waals surface area contributed by atoms with Gasteiger partial charge in [-0.2, -0.15) is 0 Å². The molecule has 32 heavy (non-hydrogen) atoms. The molecule has 1 unspecified atom stereocenters. The number of benzene rings is 3. The summed E-state index contributed by atoms with van der Waals surface area (Å²) in [6.07, 6.45) is 0.728. The first kappa shape index (κ1) is 23.8. The topological polar surface area (TPSA) is 53.2 Å². The van der Waals surface area contributed by atoms with Crippen LogP contribution >= 0.6 is 24.0 Å². The molecule has 1 amide bonds. The van der Waals surface area contributed by atoms with Gasteiger partial charge in [-0.1, -0.05) is 57.2 Å². The van der Waals surface area contributed by atoms with Crippen molar-refractivity contribution in [2.75, 3.05) is 16.0 Å². The fourth-order valence-corrected chi connectivity index (χ4v) is 4.37. The van der Waals surface area contributed by atoms with Gasteiger partial charge in [-0.3, -0.25) is 4.79 Å². The highest BCUT2D eigenvalue weighted by Crippen LogP contribution is 2.29. The van der Waals surface area contributed by atoms with Crippen LogP contribution in [-0.2, 0) is 4.79 Å². The van der Waals surface area contributed by atoms with Gasteiger partial charge >= 0.3 is 0 Å². The zero-order valence-corrected chi connectivity index (χ0v) is 20.2. The molecule has 0 saturated carbocycles. The SMILES string of the molecule is CCC(Sc1cccc(NC(=S)Nc2ccccc2)c1)C(=O)Nc1ccc(C(C)C)cc1. The molecule has 0 radical (unpaired) electrons. The Bertz CT molecular complexity index is 1040. The number of thioether (sulfide) groups is 1. The number of hydrogen-bond acceptors (Lipinski definition) is 3. The molecule has 0 aliphatic rings. The number of thiocarbonyl (C=S) groups is 1. The summed E-state index contributed by atoms with van der Waals surface area (Å²) >= 11 is 6.97. The van der Waals surface area contributed by atoms with Crippen molar-refractivity contribution >= 4 is 52.1 Å². The highest BCUT2D eigenvalue weighted by Gasteiger charge is 2.18. The van der Waals surface area contributed by atoms with Crippen LogP contribution in [0.2, 0.25) is 0 Å². The number of amides is 1. The predicted molar refractivity (Wildman–Crippen MR) is 142 cm³/mol. The zero-order valence-electron chi connectivity index (χ0n) is 18.6. The first-order valence-electron chi connectivity index (χ1n) is 10.7. The summed E-state index contributed by atoms with van der Waals surface area (Å²) in [4.78, 5) is 13.9. The highest BCUT2D eigenvalue weighted by molar-refractivity contribution is 8.00. The quantitative estimate of drug-likeness (QED) is 0.245. The number of rotatable bonds is 8. The maximum atomic E-state index is 12.9. The number of carbonyl (C=O) groups is 1. The molecule has 3 N–H and O–H groups in total. The van der Waals surface area contributed by atoms with E-state index in [4.69, 9.17) is 12.2 Å². The number of carbonyl (C=O) groups excluding carboxylic acids is 1. The fourth-order valence-electron chi connectivity index (χ4n) is 3.12. The van der Waals surface area contributed by atoms with Crippen LogP contribution < -0.4 is 16.0 Å². The molecule has 3 rings (SSSR count). The molecule has 0 bridgehead atoms. The summed E-state index contributed by atoms with van der Waals surface area (Å²) in [5.74, 6) is 0.477. The average molecular weight is 464 g/mol. The maximum Gasteiger partial charge on any atom is 0.237 e. The van der Waals surface area contributed by atoms with Gasteiger partial charge in [-0.25, -0.2) is 0 Å². The molecule has 3 aromatic carbocycles. The molecule has 3 aromatic rings. The summed E-state index contributed by atoms with van der Waals surface area (Å²) in [5.41, 5.74) is 3.89. The van der Waals surface area contributed by atoms with Crippen LogP contribution in [0.3, 0.4) is 0 Å². The molecule has 0 fully saturated rings. The summed E-state index contributed by atoms with van der Waals surface area (Å²) in [6.45, 7) is 6.34. The Morgan fingerprint density at radius 1 is 0.844 bits per heavy atom. The Labute approximate surface area is 200 Å². The number of hydrogen-bond donors (Lipinski definition) is 3. The van der Waals surface area contributed by atoms with Crippen LogP contribution in [0, 0.1) is 0 Å². The maximum absolute atomic E-state index is 12.9. The minimum absolute atomic E-state index is 0.00873. The van der Waals surface area contributed by atoms with E-state index in [1.165, 1.54) is 5.56 Å². The molecule has 166 valence electrons. The van der Waals surface area contributed by atoms with Crippen molar-refractivity contribution in [2.45, 2.75) is 43.3 Å². The average Bonchev–Trinajstić information content (AvgIpc) is 2.78. The van der Waals surface area contributed by atoms with E-state index in [0.29, 0.717) is 11.0 Å². The van der Waals surface area contributed by atoms with Crippen molar-refractivity contribution in [2.24, 2.45) is 0 Å². The molecule has 0 saturated heterocycles. The molecule has 0 heterocycles. The Morgan fingerprint density at radius 2 is 1.47 bits per heavy atom. The van der Waals surface area contributed by atoms with Crippen molar-refractivity contribution in [3.8, 4) is 0 Å². The first-order chi connectivity index (χ1) is 15.4. The van der Waals surface area contributed by atoms with Crippen molar-refractivity contribution in [1.29, 1.82) is 0 Å². The van der Waals surface area contributed by atoms with Crippen molar-refractivity contribution in [1.82, 2.24) is 0 Å². The van der Waals surface area contributed by atoms with Crippen molar-refractivity contribution in [3.63, 3.8) is 0 Å². The largest absolute Gasteiger partial charge is 0.332 e. The molecule has 0 aliphatic heterocycles. The van der Waals surface area contributed by atoms with E-state index in [1.807, 2.05) is 73.7 Å². The smallest absolute Gasteiger partial charge is 0.237 e. The van der Waals surface area contributed by atoms with E-state index in [9.17, 15) is 4.79 Å². The third kappa shape index (κ3) is 7.11. The van der Waals surface area contributed by atoms with Crippen LogP contribution in [-0.4, -0.2) is 16.3 Å². The molecule has 1 atom stereocenters. The normalized spacial score (nSPS) is 11.6. The number of para-hydroxylation sites is 1. The van der Waals surface area contributed by atoms with E-state index in [2.05, 4.69) is 41.9 Å². The monoisotopic (exact) mass is 463 g/mol. The van der Waals surface area contributed by atoms with Gasteiger partial charge in [0.25, 0.3) is 0 Å². The second-order valence-corrected chi connectivity index (χ2v) is 9.44. The molecular weight excluding hydrogens is 434 g/mol. The van der Waals surface area contributed by atoms with Crippen LogP contribution in [0.5, 0.6) is 0 Å². The lowest BCUT2D eigenvalue weighted by Crippen LogP contribution is -2.24. The van der Waals surface area contributed by atoms with Gasteiger partial charge in [0, 0.05) is 22.0 Å². The van der Waals surface area contributed by atoms with Gasteiger partial charge in [0.15, 0.2) is 5.11 Å². The standard InChI is InChI=1S/C26H29N3OS2/c1-4-24(25(30)27-21-15-13-19(14-16-21)18(2)3)32-23-12-8-11-22(17-23)29-26(31)28-20-9-6-5-7-10-20/h5-18,24H,4H2,1-3H3,(H,27,30)(H2,28,29,31). The molecule has 6 heteroatoms. The lowest BCUT2D eigenvalue weighted by atomic mass is 10.0. The number of nitrogens with one attached hydrogen (secondary N) is 3. The number of anilines is 3. The van der Waals surface area contributed by atoms with E-state index < -0.39 is 0 Å². The molecule has 0 aliphatic carbocycles. The fraction of sp³-hybridized carbons (Fsp3) is 0.231. The Morgan fingerprint density at radius 3 is 2.12 bits per heavy atom. The van der Waals surface area contributed by atoms with E-state index >= 15 is 0 Å². The van der Waals surface area contributed by atoms with Crippen LogP contribution in [0.4, 0.5) is 17.1 Å². The van der Waals surface area contributed by atoms with Gasteiger partial charge in [0.2, 0.25) is 5.91 Å². The van der Waals surface area contributed by atoms with Crippen LogP contribution in [0.25, 0.3) is 0 Å². The van der Waals surface area contributed by atoms with Crippen molar-refractivity contribution in [3.05, 3.63) is 84.4 Å². The van der Waals surface area contributed by atoms with Gasteiger partial charge in [0.1, 0.15) is 0 Å². The van der Waals surface area contributed by atoms with Gasteiger partial charge in [-0.15, -0.1) is 11.8 Å². The Balaban J connectivity index is 1.59. The zero-order chi connectivity index (χ0) is 22.9. The van der Waals surface area contributed by atoms with Crippen LogP contribution in [0.1, 0.15) is 38.7 Å². The van der Waals surface area contributed by atoms with E-state index in [1.54, 1.807) is 11.8 Å². The summed E-state index contributed by atoms with van der Waals surface area (Å²) < 4.78 is 0.